The number of benzene rings is 3. The summed E-state index contributed by atoms with van der Waals surface area (Å²) in [4.78, 5) is 25.6. The number of halogens is 4. The first kappa shape index (κ1) is 25.9. The summed E-state index contributed by atoms with van der Waals surface area (Å²) in [6, 6.07) is 14.1. The van der Waals surface area contributed by atoms with E-state index in [0.29, 0.717) is 29.7 Å². The third-order valence-corrected chi connectivity index (χ3v) is 6.60. The first-order valence-electron chi connectivity index (χ1n) is 11.2. The van der Waals surface area contributed by atoms with Crippen LogP contribution < -0.4 is 4.74 Å². The van der Waals surface area contributed by atoms with Crippen LogP contribution in [0.25, 0.3) is 0 Å². The number of carbonyl (C=O) groups excluding carboxylic acids is 1. The number of carboxylic acid groups (broad SMARTS) is 1. The average Bonchev–Trinajstić information content (AvgIpc) is 3.13. The minimum atomic E-state index is -1.16. The number of carboxylic acids is 1. The van der Waals surface area contributed by atoms with E-state index in [1.54, 1.807) is 18.2 Å². The van der Waals surface area contributed by atoms with Crippen molar-refractivity contribution >= 4 is 35.1 Å². The number of amides is 1. The van der Waals surface area contributed by atoms with Crippen molar-refractivity contribution in [2.24, 2.45) is 0 Å². The quantitative estimate of drug-likeness (QED) is 0.393. The molecule has 1 N–H and O–H groups in total. The molecule has 1 heterocycles. The number of ether oxygens (including phenoxy) is 1. The summed E-state index contributed by atoms with van der Waals surface area (Å²) < 4.78 is 33.5. The van der Waals surface area contributed by atoms with Gasteiger partial charge in [-0.2, -0.15) is 0 Å². The van der Waals surface area contributed by atoms with E-state index in [4.69, 9.17) is 27.9 Å². The zero-order chi connectivity index (χ0) is 26.0. The van der Waals surface area contributed by atoms with Gasteiger partial charge in [0.25, 0.3) is 0 Å². The zero-order valence-electron chi connectivity index (χ0n) is 19.4. The Balaban J connectivity index is 1.46. The Morgan fingerprint density at radius 2 is 1.69 bits per heavy atom. The van der Waals surface area contributed by atoms with Gasteiger partial charge in [-0.1, -0.05) is 47.5 Å². The van der Waals surface area contributed by atoms with Gasteiger partial charge >= 0.3 is 5.97 Å². The highest BCUT2D eigenvalue weighted by atomic mass is 35.5. The van der Waals surface area contributed by atoms with Crippen LogP contribution in [0.4, 0.5) is 8.78 Å². The summed E-state index contributed by atoms with van der Waals surface area (Å²) in [7, 11) is 0. The summed E-state index contributed by atoms with van der Waals surface area (Å²) in [6.07, 6.45) is 1.01. The van der Waals surface area contributed by atoms with E-state index in [9.17, 15) is 23.5 Å². The van der Waals surface area contributed by atoms with Gasteiger partial charge in [0.05, 0.1) is 16.5 Å². The van der Waals surface area contributed by atoms with Crippen LogP contribution in [0.5, 0.6) is 5.75 Å². The lowest BCUT2D eigenvalue weighted by Crippen LogP contribution is -2.36. The van der Waals surface area contributed by atoms with Gasteiger partial charge in [-0.05, 0) is 59.5 Å². The van der Waals surface area contributed by atoms with E-state index in [1.165, 1.54) is 35.2 Å². The number of hydrogen-bond acceptors (Lipinski definition) is 3. The molecular formula is C27H23Cl2F2NO4. The number of carbonyl (C=O) groups is 2. The van der Waals surface area contributed by atoms with E-state index in [-0.39, 0.29) is 23.0 Å². The zero-order valence-corrected chi connectivity index (χ0v) is 20.9. The number of hydrogen-bond donors (Lipinski definition) is 1. The van der Waals surface area contributed by atoms with Crippen molar-refractivity contribution in [3.63, 3.8) is 0 Å². The summed E-state index contributed by atoms with van der Waals surface area (Å²) in [6.45, 7) is 1.42. The third kappa shape index (κ3) is 6.15. The van der Waals surface area contributed by atoms with E-state index in [2.05, 4.69) is 0 Å². The number of aliphatic carboxylic acids is 1. The van der Waals surface area contributed by atoms with Crippen molar-refractivity contribution < 1.29 is 28.2 Å². The fourth-order valence-corrected chi connectivity index (χ4v) is 4.73. The molecule has 0 spiro atoms. The van der Waals surface area contributed by atoms with Crippen molar-refractivity contribution in [3.8, 4) is 5.75 Å². The minimum Gasteiger partial charge on any atom is -0.487 e. The van der Waals surface area contributed by atoms with Crippen LogP contribution in [0.15, 0.2) is 54.6 Å². The fourth-order valence-electron chi connectivity index (χ4n) is 4.41. The fraction of sp³-hybridized carbons (Fsp3) is 0.259. The predicted molar refractivity (Wildman–Crippen MR) is 132 cm³/mol. The number of rotatable bonds is 8. The molecule has 1 atom stereocenters. The summed E-state index contributed by atoms with van der Waals surface area (Å²) in [5.74, 6) is -1.94. The van der Waals surface area contributed by atoms with Crippen molar-refractivity contribution in [2.45, 2.75) is 38.3 Å². The van der Waals surface area contributed by atoms with Gasteiger partial charge in [0.2, 0.25) is 5.91 Å². The lowest BCUT2D eigenvalue weighted by Gasteiger charge is -2.24. The molecule has 188 valence electrons. The molecule has 0 unspecified atom stereocenters. The van der Waals surface area contributed by atoms with Crippen LogP contribution >= 0.6 is 23.2 Å². The predicted octanol–water partition coefficient (Wildman–Crippen LogP) is 5.86. The molecule has 0 aliphatic carbocycles. The molecule has 0 radical (unpaired) electrons. The Hall–Kier alpha value is -3.16. The van der Waals surface area contributed by atoms with E-state index in [1.807, 2.05) is 13.0 Å². The molecule has 1 aliphatic rings. The molecule has 5 nitrogen and oxygen atoms in total. The normalized spacial score (nSPS) is 16.4. The lowest BCUT2D eigenvalue weighted by atomic mass is 9.91. The Morgan fingerprint density at radius 1 is 0.972 bits per heavy atom. The van der Waals surface area contributed by atoms with Crippen LogP contribution in [0.3, 0.4) is 0 Å². The average molecular weight is 534 g/mol. The molecule has 3 aromatic rings. The van der Waals surface area contributed by atoms with Crippen molar-refractivity contribution in [2.75, 3.05) is 6.54 Å². The first-order chi connectivity index (χ1) is 17.0. The summed E-state index contributed by atoms with van der Waals surface area (Å²) >= 11 is 11.6. The summed E-state index contributed by atoms with van der Waals surface area (Å²) in [5, 5.41) is 9.25. The Morgan fingerprint density at radius 3 is 2.39 bits per heavy atom. The molecule has 1 aliphatic heterocycles. The second-order valence-electron chi connectivity index (χ2n) is 9.16. The molecule has 36 heavy (non-hydrogen) atoms. The highest BCUT2D eigenvalue weighted by Gasteiger charge is 2.35. The topological polar surface area (TPSA) is 66.8 Å². The number of nitrogens with zero attached hydrogens (tertiary/aromatic N) is 1. The standard InChI is InChI=1S/C27H23Cl2F2NO4/c1-27(12-17-2-5-20(28)23(31)10-17)13-19-8-16(4-7-24(19)36-27)11-25(33)32(15-26(34)35)14-18-3-6-22(30)21(29)9-18/h2-10H,11-15H2,1H3,(H,34,35)/t27-/m1/s1. The molecule has 0 saturated heterocycles. The molecule has 0 bridgehead atoms. The molecule has 0 aromatic heterocycles. The van der Waals surface area contributed by atoms with Crippen molar-refractivity contribution in [3.05, 3.63) is 98.5 Å². The molecule has 3 aromatic carbocycles. The second kappa shape index (κ2) is 10.4. The second-order valence-corrected chi connectivity index (χ2v) is 9.98. The van der Waals surface area contributed by atoms with E-state index < -0.39 is 35.7 Å². The molecule has 9 heteroatoms. The van der Waals surface area contributed by atoms with Crippen molar-refractivity contribution in [1.29, 1.82) is 0 Å². The van der Waals surface area contributed by atoms with Gasteiger partial charge in [-0.15, -0.1) is 0 Å². The highest BCUT2D eigenvalue weighted by Crippen LogP contribution is 2.38. The minimum absolute atomic E-state index is 0.0189. The van der Waals surface area contributed by atoms with Crippen LogP contribution in [-0.2, 0) is 35.4 Å². The molecule has 0 fully saturated rings. The smallest absolute Gasteiger partial charge is 0.323 e. The third-order valence-electron chi connectivity index (χ3n) is 6.00. The van der Waals surface area contributed by atoms with Gasteiger partial charge in [-0.25, -0.2) is 8.78 Å². The monoisotopic (exact) mass is 533 g/mol. The molecule has 0 saturated carbocycles. The van der Waals surface area contributed by atoms with Gasteiger partial charge in [-0.3, -0.25) is 9.59 Å². The van der Waals surface area contributed by atoms with E-state index >= 15 is 0 Å². The maximum absolute atomic E-state index is 13.9. The number of fused-ring (bicyclic) bond motifs is 1. The van der Waals surface area contributed by atoms with Gasteiger partial charge in [0.1, 0.15) is 29.5 Å². The van der Waals surface area contributed by atoms with Crippen LogP contribution in [0, 0.1) is 11.6 Å². The first-order valence-corrected chi connectivity index (χ1v) is 12.0. The molecule has 1 amide bonds. The lowest BCUT2D eigenvalue weighted by molar-refractivity contribution is -0.144. The SMILES string of the molecule is C[C@@]1(Cc2ccc(Cl)c(F)c2)Cc2cc(CC(=O)N(CC(=O)O)Cc3ccc(F)c(Cl)c3)ccc2O1. The highest BCUT2D eigenvalue weighted by molar-refractivity contribution is 6.31. The maximum Gasteiger partial charge on any atom is 0.323 e. The van der Waals surface area contributed by atoms with Crippen LogP contribution in [0.1, 0.15) is 29.2 Å². The Kier molecular flexibility index (Phi) is 7.52. The van der Waals surface area contributed by atoms with Crippen LogP contribution in [0.2, 0.25) is 10.0 Å². The Bertz CT molecular complexity index is 1330. The van der Waals surface area contributed by atoms with Gasteiger partial charge in [0.15, 0.2) is 0 Å². The largest absolute Gasteiger partial charge is 0.487 e. The molecular weight excluding hydrogens is 511 g/mol. The maximum atomic E-state index is 13.9. The van der Waals surface area contributed by atoms with Crippen molar-refractivity contribution in [1.82, 2.24) is 4.90 Å². The molecule has 4 rings (SSSR count). The summed E-state index contributed by atoms with van der Waals surface area (Å²) in [5.41, 5.74) is 2.30. The van der Waals surface area contributed by atoms with E-state index in [0.717, 1.165) is 11.1 Å². The van der Waals surface area contributed by atoms with Gasteiger partial charge in [0, 0.05) is 19.4 Å². The van der Waals surface area contributed by atoms with Crippen LogP contribution in [-0.4, -0.2) is 34.0 Å². The Labute approximate surface area is 217 Å². The van der Waals surface area contributed by atoms with Gasteiger partial charge < -0.3 is 14.7 Å².